The molecule has 0 aliphatic heterocycles. The molecule has 134 valence electrons. The first-order valence-electron chi connectivity index (χ1n) is 8.49. The Labute approximate surface area is 150 Å². The molecule has 4 nitrogen and oxygen atoms in total. The summed E-state index contributed by atoms with van der Waals surface area (Å²) in [6.07, 6.45) is 0.802. The summed E-state index contributed by atoms with van der Waals surface area (Å²) in [5, 5.41) is 2.81. The third-order valence-corrected chi connectivity index (χ3v) is 5.98. The van der Waals surface area contributed by atoms with Gasteiger partial charge in [0.25, 0.3) is 0 Å². The van der Waals surface area contributed by atoms with Crippen LogP contribution in [0.5, 0.6) is 0 Å². The summed E-state index contributed by atoms with van der Waals surface area (Å²) in [5.41, 5.74) is 2.24. The number of amides is 1. The van der Waals surface area contributed by atoms with Gasteiger partial charge in [-0.25, -0.2) is 8.42 Å². The molecular formula is C20H25NO3S. The normalized spacial score (nSPS) is 12.6. The first kappa shape index (κ1) is 19.2. The number of hydrogen-bond donors (Lipinski definition) is 1. The van der Waals surface area contributed by atoms with E-state index in [2.05, 4.69) is 24.4 Å². The number of sulfone groups is 1. The van der Waals surface area contributed by atoms with Crippen molar-refractivity contribution >= 4 is 15.7 Å². The highest BCUT2D eigenvalue weighted by Crippen LogP contribution is 2.17. The Kier molecular flexibility index (Phi) is 6.76. The van der Waals surface area contributed by atoms with Crippen LogP contribution in [-0.4, -0.2) is 26.6 Å². The number of carbonyl (C=O) groups excluding carboxylic acids is 1. The topological polar surface area (TPSA) is 63.2 Å². The SMILES string of the molecule is Cc1ccc(S(=O)(=O)CCC(=O)NCCC(C)c2ccccc2)cc1. The standard InChI is InChI=1S/C20H25NO3S/c1-16-8-10-19(11-9-16)25(23,24)15-13-20(22)21-14-12-17(2)18-6-4-3-5-7-18/h3-11,17H,12-15H2,1-2H3,(H,21,22). The molecule has 2 aromatic rings. The van der Waals surface area contributed by atoms with E-state index in [1.165, 1.54) is 5.56 Å². The summed E-state index contributed by atoms with van der Waals surface area (Å²) in [4.78, 5) is 12.2. The summed E-state index contributed by atoms with van der Waals surface area (Å²) in [6.45, 7) is 4.56. The molecule has 0 heterocycles. The van der Waals surface area contributed by atoms with Gasteiger partial charge in [0.05, 0.1) is 10.6 Å². The predicted molar refractivity (Wildman–Crippen MR) is 100 cm³/mol. The maximum absolute atomic E-state index is 12.2. The van der Waals surface area contributed by atoms with Crippen molar-refractivity contribution in [3.8, 4) is 0 Å². The van der Waals surface area contributed by atoms with Crippen molar-refractivity contribution in [1.82, 2.24) is 5.32 Å². The Balaban J connectivity index is 1.76. The molecule has 5 heteroatoms. The molecule has 0 spiro atoms. The summed E-state index contributed by atoms with van der Waals surface area (Å²) in [5.74, 6) is -0.0513. The van der Waals surface area contributed by atoms with Gasteiger partial charge in [-0.3, -0.25) is 4.79 Å². The number of hydrogen-bond acceptors (Lipinski definition) is 3. The fourth-order valence-electron chi connectivity index (χ4n) is 2.56. The number of nitrogens with one attached hydrogen (secondary N) is 1. The maximum atomic E-state index is 12.2. The van der Waals surface area contributed by atoms with Gasteiger partial charge < -0.3 is 5.32 Å². The van der Waals surface area contributed by atoms with Crippen molar-refractivity contribution in [3.05, 3.63) is 65.7 Å². The van der Waals surface area contributed by atoms with Crippen molar-refractivity contribution in [2.24, 2.45) is 0 Å². The van der Waals surface area contributed by atoms with Crippen molar-refractivity contribution in [2.75, 3.05) is 12.3 Å². The Morgan fingerprint density at radius 3 is 2.32 bits per heavy atom. The van der Waals surface area contributed by atoms with Crippen LogP contribution in [0.25, 0.3) is 0 Å². The Morgan fingerprint density at radius 1 is 1.04 bits per heavy atom. The first-order chi connectivity index (χ1) is 11.9. The number of carbonyl (C=O) groups is 1. The van der Waals surface area contributed by atoms with E-state index in [1.807, 2.05) is 25.1 Å². The highest BCUT2D eigenvalue weighted by atomic mass is 32.2. The zero-order valence-electron chi connectivity index (χ0n) is 14.7. The van der Waals surface area contributed by atoms with Crippen molar-refractivity contribution in [1.29, 1.82) is 0 Å². The Bertz CT molecular complexity index is 783. The van der Waals surface area contributed by atoms with E-state index in [0.717, 1.165) is 12.0 Å². The van der Waals surface area contributed by atoms with Crippen LogP contribution >= 0.6 is 0 Å². The summed E-state index contributed by atoms with van der Waals surface area (Å²) in [6, 6.07) is 16.8. The van der Waals surface area contributed by atoms with Gasteiger partial charge in [0.2, 0.25) is 5.91 Å². The van der Waals surface area contributed by atoms with Crippen LogP contribution in [0, 0.1) is 6.92 Å². The molecule has 1 amide bonds. The molecule has 0 aromatic heterocycles. The van der Waals surface area contributed by atoms with Crippen molar-refractivity contribution in [3.63, 3.8) is 0 Å². The Morgan fingerprint density at radius 2 is 1.68 bits per heavy atom. The smallest absolute Gasteiger partial charge is 0.221 e. The van der Waals surface area contributed by atoms with Crippen molar-refractivity contribution in [2.45, 2.75) is 37.5 Å². The lowest BCUT2D eigenvalue weighted by Crippen LogP contribution is -2.27. The molecule has 0 saturated carbocycles. The third-order valence-electron chi connectivity index (χ3n) is 4.25. The van der Waals surface area contributed by atoms with Crippen LogP contribution in [-0.2, 0) is 14.6 Å². The highest BCUT2D eigenvalue weighted by molar-refractivity contribution is 7.91. The average Bonchev–Trinajstić information content (AvgIpc) is 2.61. The third kappa shape index (κ3) is 6.02. The molecule has 1 unspecified atom stereocenters. The lowest BCUT2D eigenvalue weighted by atomic mass is 9.98. The largest absolute Gasteiger partial charge is 0.356 e. The molecule has 25 heavy (non-hydrogen) atoms. The second kappa shape index (κ2) is 8.81. The molecule has 0 saturated heterocycles. The molecule has 0 bridgehead atoms. The maximum Gasteiger partial charge on any atom is 0.221 e. The zero-order valence-corrected chi connectivity index (χ0v) is 15.6. The summed E-state index contributed by atoms with van der Waals surface area (Å²) >= 11 is 0. The zero-order chi connectivity index (χ0) is 18.3. The van der Waals surface area contributed by atoms with E-state index in [9.17, 15) is 13.2 Å². The van der Waals surface area contributed by atoms with E-state index in [-0.39, 0.29) is 23.0 Å². The lowest BCUT2D eigenvalue weighted by molar-refractivity contribution is -0.120. The number of benzene rings is 2. The molecule has 0 radical (unpaired) electrons. The average molecular weight is 359 g/mol. The minimum atomic E-state index is -3.42. The summed E-state index contributed by atoms with van der Waals surface area (Å²) < 4.78 is 24.5. The van der Waals surface area contributed by atoms with E-state index in [4.69, 9.17) is 0 Å². The fourth-order valence-corrected chi connectivity index (χ4v) is 3.80. The van der Waals surface area contributed by atoms with Crippen LogP contribution in [0.1, 0.15) is 36.8 Å². The van der Waals surface area contributed by atoms with Crippen LogP contribution < -0.4 is 5.32 Å². The van der Waals surface area contributed by atoms with Crippen LogP contribution in [0.15, 0.2) is 59.5 Å². The molecule has 2 aromatic carbocycles. The molecule has 2 rings (SSSR count). The van der Waals surface area contributed by atoms with Crippen LogP contribution in [0.3, 0.4) is 0 Å². The van der Waals surface area contributed by atoms with Crippen LogP contribution in [0.4, 0.5) is 0 Å². The molecule has 1 N–H and O–H groups in total. The van der Waals surface area contributed by atoms with Crippen molar-refractivity contribution < 1.29 is 13.2 Å². The number of aryl methyl sites for hydroxylation is 1. The molecule has 1 atom stereocenters. The molecule has 0 fully saturated rings. The minimum absolute atomic E-state index is 0.0179. The monoisotopic (exact) mass is 359 g/mol. The van der Waals surface area contributed by atoms with E-state index in [0.29, 0.717) is 12.5 Å². The minimum Gasteiger partial charge on any atom is -0.356 e. The highest BCUT2D eigenvalue weighted by Gasteiger charge is 2.16. The van der Waals surface area contributed by atoms with Gasteiger partial charge in [-0.1, -0.05) is 55.0 Å². The van der Waals surface area contributed by atoms with E-state index in [1.54, 1.807) is 24.3 Å². The second-order valence-electron chi connectivity index (χ2n) is 6.33. The molecule has 0 aliphatic rings. The molecule has 0 aliphatic carbocycles. The number of rotatable bonds is 8. The van der Waals surface area contributed by atoms with Crippen LogP contribution in [0.2, 0.25) is 0 Å². The molecular weight excluding hydrogens is 334 g/mol. The van der Waals surface area contributed by atoms with Gasteiger partial charge in [0.15, 0.2) is 9.84 Å². The van der Waals surface area contributed by atoms with Gasteiger partial charge in [-0.2, -0.15) is 0 Å². The van der Waals surface area contributed by atoms with Gasteiger partial charge in [-0.15, -0.1) is 0 Å². The van der Waals surface area contributed by atoms with Gasteiger partial charge in [0, 0.05) is 13.0 Å². The fraction of sp³-hybridized carbons (Fsp3) is 0.350. The quantitative estimate of drug-likeness (QED) is 0.785. The van der Waals surface area contributed by atoms with Gasteiger partial charge in [0.1, 0.15) is 0 Å². The van der Waals surface area contributed by atoms with Gasteiger partial charge in [-0.05, 0) is 37.0 Å². The second-order valence-corrected chi connectivity index (χ2v) is 8.44. The lowest BCUT2D eigenvalue weighted by Gasteiger charge is -2.12. The van der Waals surface area contributed by atoms with E-state index >= 15 is 0 Å². The predicted octanol–water partition coefficient (Wildman–Crippen LogP) is 3.47. The van der Waals surface area contributed by atoms with Gasteiger partial charge >= 0.3 is 0 Å². The first-order valence-corrected chi connectivity index (χ1v) is 10.1. The van der Waals surface area contributed by atoms with E-state index < -0.39 is 9.84 Å². The summed E-state index contributed by atoms with van der Waals surface area (Å²) in [7, 11) is -3.42. The Hall–Kier alpha value is -2.14.